The Hall–Kier alpha value is 0.270. The van der Waals surface area contributed by atoms with Crippen molar-refractivity contribution in [2.24, 2.45) is 0 Å². The van der Waals surface area contributed by atoms with Crippen molar-refractivity contribution in [2.45, 2.75) is 57.2 Å². The van der Waals surface area contributed by atoms with E-state index >= 15 is 0 Å². The van der Waals surface area contributed by atoms with Crippen LogP contribution in [0, 0.1) is 0 Å². The van der Waals surface area contributed by atoms with Crippen LogP contribution in [0.15, 0.2) is 0 Å². The van der Waals surface area contributed by atoms with Gasteiger partial charge in [0, 0.05) is 24.7 Å². The highest BCUT2D eigenvalue weighted by atomic mass is 32.2. The number of nitrogens with one attached hydrogen (secondary N) is 1. The van der Waals surface area contributed by atoms with Crippen LogP contribution in [-0.4, -0.2) is 48.1 Å². The molecule has 2 unspecified atom stereocenters. The average molecular weight is 242 g/mol. The number of thioether (sulfide) groups is 1. The van der Waals surface area contributed by atoms with Crippen LogP contribution in [0.1, 0.15) is 39.0 Å². The van der Waals surface area contributed by atoms with Gasteiger partial charge in [-0.3, -0.25) is 4.90 Å². The SMILES string of the molecule is CSCCCCNC1CC(C)N(C2CC2)C1. The first-order valence-electron chi connectivity index (χ1n) is 6.79. The molecular formula is C13H26N2S. The second kappa shape index (κ2) is 6.27. The van der Waals surface area contributed by atoms with Gasteiger partial charge in [0.1, 0.15) is 0 Å². The lowest BCUT2D eigenvalue weighted by Crippen LogP contribution is -2.34. The lowest BCUT2D eigenvalue weighted by Gasteiger charge is -2.19. The molecule has 0 amide bonds. The van der Waals surface area contributed by atoms with Crippen molar-refractivity contribution in [2.75, 3.05) is 25.1 Å². The molecule has 1 heterocycles. The van der Waals surface area contributed by atoms with Gasteiger partial charge in [-0.25, -0.2) is 0 Å². The average Bonchev–Trinajstić information content (AvgIpc) is 3.04. The zero-order valence-corrected chi connectivity index (χ0v) is 11.6. The van der Waals surface area contributed by atoms with E-state index in [2.05, 4.69) is 23.4 Å². The smallest absolute Gasteiger partial charge is 0.0210 e. The summed E-state index contributed by atoms with van der Waals surface area (Å²) in [6.07, 6.45) is 9.16. The molecule has 0 aromatic carbocycles. The summed E-state index contributed by atoms with van der Waals surface area (Å²) >= 11 is 1.96. The summed E-state index contributed by atoms with van der Waals surface area (Å²) in [6, 6.07) is 2.53. The Labute approximate surface area is 105 Å². The van der Waals surface area contributed by atoms with Crippen molar-refractivity contribution in [3.8, 4) is 0 Å². The molecule has 94 valence electrons. The van der Waals surface area contributed by atoms with Gasteiger partial charge in [-0.15, -0.1) is 0 Å². The van der Waals surface area contributed by atoms with Crippen LogP contribution in [0.4, 0.5) is 0 Å². The molecule has 1 saturated carbocycles. The maximum absolute atomic E-state index is 3.73. The molecule has 1 aliphatic carbocycles. The minimum absolute atomic E-state index is 0.768. The maximum Gasteiger partial charge on any atom is 0.0210 e. The highest BCUT2D eigenvalue weighted by Gasteiger charge is 2.38. The van der Waals surface area contributed by atoms with E-state index < -0.39 is 0 Å². The van der Waals surface area contributed by atoms with Crippen molar-refractivity contribution in [3.05, 3.63) is 0 Å². The summed E-state index contributed by atoms with van der Waals surface area (Å²) in [6.45, 7) is 4.92. The molecule has 0 aromatic heterocycles. The van der Waals surface area contributed by atoms with Gasteiger partial charge in [-0.05, 0) is 57.6 Å². The minimum atomic E-state index is 0.768. The highest BCUT2D eigenvalue weighted by molar-refractivity contribution is 7.98. The number of hydrogen-bond donors (Lipinski definition) is 1. The fourth-order valence-electron chi connectivity index (χ4n) is 2.80. The van der Waals surface area contributed by atoms with E-state index in [0.29, 0.717) is 0 Å². The first kappa shape index (κ1) is 12.7. The summed E-state index contributed by atoms with van der Waals surface area (Å²) < 4.78 is 0. The van der Waals surface area contributed by atoms with Crippen LogP contribution in [0.5, 0.6) is 0 Å². The molecule has 3 heteroatoms. The van der Waals surface area contributed by atoms with Gasteiger partial charge in [0.2, 0.25) is 0 Å². The van der Waals surface area contributed by atoms with E-state index in [9.17, 15) is 0 Å². The van der Waals surface area contributed by atoms with E-state index in [1.54, 1.807) is 0 Å². The third-order valence-electron chi connectivity index (χ3n) is 3.85. The summed E-state index contributed by atoms with van der Waals surface area (Å²) in [4.78, 5) is 2.72. The van der Waals surface area contributed by atoms with Crippen molar-refractivity contribution in [1.82, 2.24) is 10.2 Å². The molecule has 1 N–H and O–H groups in total. The highest BCUT2D eigenvalue weighted by Crippen LogP contribution is 2.33. The second-order valence-electron chi connectivity index (χ2n) is 5.36. The van der Waals surface area contributed by atoms with Crippen molar-refractivity contribution in [3.63, 3.8) is 0 Å². The summed E-state index contributed by atoms with van der Waals surface area (Å²) in [5.41, 5.74) is 0. The fraction of sp³-hybridized carbons (Fsp3) is 1.00. The summed E-state index contributed by atoms with van der Waals surface area (Å²) in [7, 11) is 0. The molecule has 0 bridgehead atoms. The monoisotopic (exact) mass is 242 g/mol. The number of rotatable bonds is 7. The molecule has 0 spiro atoms. The lowest BCUT2D eigenvalue weighted by molar-refractivity contribution is 0.255. The number of likely N-dealkylation sites (tertiary alicyclic amines) is 1. The first-order chi connectivity index (χ1) is 7.81. The largest absolute Gasteiger partial charge is 0.313 e. The van der Waals surface area contributed by atoms with Crippen molar-refractivity contribution < 1.29 is 0 Å². The van der Waals surface area contributed by atoms with Crippen LogP contribution >= 0.6 is 11.8 Å². The number of unbranched alkanes of at least 4 members (excludes halogenated alkanes) is 1. The molecule has 2 atom stereocenters. The van der Waals surface area contributed by atoms with Gasteiger partial charge < -0.3 is 5.32 Å². The molecule has 2 aliphatic rings. The molecule has 0 aromatic rings. The van der Waals surface area contributed by atoms with Crippen LogP contribution in [0.2, 0.25) is 0 Å². The molecule has 2 nitrogen and oxygen atoms in total. The Kier molecular flexibility index (Phi) is 4.98. The van der Waals surface area contributed by atoms with E-state index in [0.717, 1.165) is 18.1 Å². The third kappa shape index (κ3) is 3.64. The van der Waals surface area contributed by atoms with Crippen LogP contribution < -0.4 is 5.32 Å². The van der Waals surface area contributed by atoms with Gasteiger partial charge in [0.15, 0.2) is 0 Å². The maximum atomic E-state index is 3.73. The molecule has 2 rings (SSSR count). The first-order valence-corrected chi connectivity index (χ1v) is 8.18. The predicted molar refractivity (Wildman–Crippen MR) is 73.2 cm³/mol. The van der Waals surface area contributed by atoms with E-state index in [1.807, 2.05) is 11.8 Å². The normalized spacial score (nSPS) is 31.1. The molecule has 2 fully saturated rings. The van der Waals surface area contributed by atoms with Crippen molar-refractivity contribution in [1.29, 1.82) is 0 Å². The van der Waals surface area contributed by atoms with E-state index in [1.165, 1.54) is 50.9 Å². The Morgan fingerprint density at radius 3 is 2.81 bits per heavy atom. The Bertz CT molecular complexity index is 206. The lowest BCUT2D eigenvalue weighted by atomic mass is 10.2. The summed E-state index contributed by atoms with van der Waals surface area (Å²) in [5, 5.41) is 3.73. The van der Waals surface area contributed by atoms with Gasteiger partial charge in [0.05, 0.1) is 0 Å². The van der Waals surface area contributed by atoms with Crippen LogP contribution in [-0.2, 0) is 0 Å². The van der Waals surface area contributed by atoms with Crippen LogP contribution in [0.3, 0.4) is 0 Å². The zero-order chi connectivity index (χ0) is 11.4. The van der Waals surface area contributed by atoms with Gasteiger partial charge in [-0.1, -0.05) is 0 Å². The fourth-order valence-corrected chi connectivity index (χ4v) is 3.29. The second-order valence-corrected chi connectivity index (χ2v) is 6.35. The molecule has 1 aliphatic heterocycles. The molecule has 1 saturated heterocycles. The standard InChI is InChI=1S/C13H26N2S/c1-11-9-12(10-15(11)13-5-6-13)14-7-3-4-8-16-2/h11-14H,3-10H2,1-2H3. The number of hydrogen-bond acceptors (Lipinski definition) is 3. The zero-order valence-electron chi connectivity index (χ0n) is 10.7. The van der Waals surface area contributed by atoms with E-state index in [4.69, 9.17) is 0 Å². The van der Waals surface area contributed by atoms with Gasteiger partial charge in [-0.2, -0.15) is 11.8 Å². The molecular weight excluding hydrogens is 216 g/mol. The van der Waals surface area contributed by atoms with Crippen LogP contribution in [0.25, 0.3) is 0 Å². The van der Waals surface area contributed by atoms with Gasteiger partial charge in [0.25, 0.3) is 0 Å². The topological polar surface area (TPSA) is 15.3 Å². The third-order valence-corrected chi connectivity index (χ3v) is 4.54. The quantitative estimate of drug-likeness (QED) is 0.690. The Morgan fingerprint density at radius 1 is 1.31 bits per heavy atom. The van der Waals surface area contributed by atoms with Crippen molar-refractivity contribution >= 4 is 11.8 Å². The van der Waals surface area contributed by atoms with Gasteiger partial charge >= 0.3 is 0 Å². The van der Waals surface area contributed by atoms with E-state index in [-0.39, 0.29) is 0 Å². The number of nitrogens with zero attached hydrogens (tertiary/aromatic N) is 1. The predicted octanol–water partition coefficient (Wildman–Crippen LogP) is 2.34. The Balaban J connectivity index is 1.57. The summed E-state index contributed by atoms with van der Waals surface area (Å²) in [5.74, 6) is 1.32. The molecule has 0 radical (unpaired) electrons. The Morgan fingerprint density at radius 2 is 2.12 bits per heavy atom. The minimum Gasteiger partial charge on any atom is -0.313 e. The molecule has 16 heavy (non-hydrogen) atoms.